The molecular weight excluding hydrogens is 452 g/mol. The van der Waals surface area contributed by atoms with Gasteiger partial charge in [0.15, 0.2) is 5.16 Å². The fourth-order valence-electron chi connectivity index (χ4n) is 2.29. The fourth-order valence-corrected chi connectivity index (χ4v) is 3.63. The first-order valence-electron chi connectivity index (χ1n) is 8.12. The summed E-state index contributed by atoms with van der Waals surface area (Å²) < 4.78 is 77.6. The average molecular weight is 463 g/mol. The van der Waals surface area contributed by atoms with E-state index in [-0.39, 0.29) is 22.3 Å². The summed E-state index contributed by atoms with van der Waals surface area (Å²) in [6.07, 6.45) is -9.27. The van der Waals surface area contributed by atoms with E-state index in [4.69, 9.17) is 0 Å². The van der Waals surface area contributed by atoms with Crippen molar-refractivity contribution >= 4 is 34.7 Å². The number of hydrogen-bond donors (Lipinski definition) is 1. The maximum Gasteiger partial charge on any atom is 0.433 e. The highest BCUT2D eigenvalue weighted by Crippen LogP contribution is 2.33. The molecule has 1 amide bonds. The molecule has 0 unspecified atom stereocenters. The topological polar surface area (TPSA) is 54.9 Å². The average Bonchev–Trinajstić information content (AvgIpc) is 3.20. The van der Waals surface area contributed by atoms with E-state index in [1.54, 1.807) is 17.5 Å². The van der Waals surface area contributed by atoms with Gasteiger partial charge in [-0.3, -0.25) is 4.79 Å². The number of carbonyl (C=O) groups excluding carboxylic acids is 1. The van der Waals surface area contributed by atoms with E-state index in [0.29, 0.717) is 16.6 Å². The summed E-state index contributed by atoms with van der Waals surface area (Å²) in [5.74, 6) is -1.10. The van der Waals surface area contributed by atoms with Crippen LogP contribution in [0, 0.1) is 0 Å². The fraction of sp³-hybridized carbons (Fsp3) is 0.167. The van der Waals surface area contributed by atoms with Crippen molar-refractivity contribution in [3.05, 3.63) is 59.1 Å². The lowest BCUT2D eigenvalue weighted by atomic mass is 10.2. The number of carbonyl (C=O) groups is 1. The van der Waals surface area contributed by atoms with Crippen LogP contribution in [-0.4, -0.2) is 21.6 Å². The second kappa shape index (κ2) is 8.64. The highest BCUT2D eigenvalue weighted by atomic mass is 32.2. The van der Waals surface area contributed by atoms with Crippen molar-refractivity contribution < 1.29 is 31.1 Å². The Hall–Kier alpha value is -2.60. The normalized spacial score (nSPS) is 12.1. The predicted octanol–water partition coefficient (Wildman–Crippen LogP) is 5.97. The Balaban J connectivity index is 1.74. The summed E-state index contributed by atoms with van der Waals surface area (Å²) in [7, 11) is 0. The van der Waals surface area contributed by atoms with E-state index in [2.05, 4.69) is 15.3 Å². The largest absolute Gasteiger partial charge is 0.433 e. The minimum absolute atomic E-state index is 0.0631. The number of hydrogen-bond acceptors (Lipinski definition) is 5. The molecule has 158 valence electrons. The van der Waals surface area contributed by atoms with E-state index in [9.17, 15) is 31.1 Å². The zero-order chi connectivity index (χ0) is 21.9. The molecule has 0 aliphatic rings. The summed E-state index contributed by atoms with van der Waals surface area (Å²) in [5.41, 5.74) is -2.11. The minimum atomic E-state index is -4.70. The standard InChI is InChI=1S/C18H11F6N3OS2/c19-17(20,21)10-3-1-4-11(7-10)25-15(28)9-30-16-26-12(13-5-2-6-29-13)8-14(27-16)18(22,23)24/h1-8H,9H2,(H,25,28). The minimum Gasteiger partial charge on any atom is -0.325 e. The number of thioether (sulfide) groups is 1. The van der Waals surface area contributed by atoms with Gasteiger partial charge in [-0.2, -0.15) is 26.3 Å². The zero-order valence-electron chi connectivity index (χ0n) is 14.7. The number of rotatable bonds is 5. The van der Waals surface area contributed by atoms with Crippen LogP contribution < -0.4 is 5.32 Å². The van der Waals surface area contributed by atoms with Crippen molar-refractivity contribution in [2.75, 3.05) is 11.1 Å². The molecule has 3 rings (SSSR count). The quantitative estimate of drug-likeness (QED) is 0.288. The molecule has 0 saturated carbocycles. The van der Waals surface area contributed by atoms with Gasteiger partial charge in [-0.1, -0.05) is 23.9 Å². The molecule has 12 heteroatoms. The van der Waals surface area contributed by atoms with E-state index in [1.807, 2.05) is 0 Å². The Morgan fingerprint density at radius 2 is 1.77 bits per heavy atom. The lowest BCUT2D eigenvalue weighted by molar-refractivity contribution is -0.141. The molecule has 4 nitrogen and oxygen atoms in total. The number of alkyl halides is 6. The van der Waals surface area contributed by atoms with Crippen molar-refractivity contribution in [1.29, 1.82) is 0 Å². The van der Waals surface area contributed by atoms with Crippen molar-refractivity contribution in [3.63, 3.8) is 0 Å². The van der Waals surface area contributed by atoms with Crippen LogP contribution in [-0.2, 0) is 17.1 Å². The number of benzene rings is 1. The van der Waals surface area contributed by atoms with Crippen LogP contribution in [0.4, 0.5) is 32.0 Å². The van der Waals surface area contributed by atoms with Gasteiger partial charge in [0.05, 0.1) is 21.9 Å². The molecule has 30 heavy (non-hydrogen) atoms. The number of nitrogens with one attached hydrogen (secondary N) is 1. The highest BCUT2D eigenvalue weighted by Gasteiger charge is 2.34. The van der Waals surface area contributed by atoms with Crippen molar-refractivity contribution in [2.45, 2.75) is 17.5 Å². The Kier molecular flexibility index (Phi) is 6.36. The third kappa shape index (κ3) is 5.72. The maximum atomic E-state index is 13.1. The molecule has 3 aromatic rings. The molecule has 0 atom stereocenters. The van der Waals surface area contributed by atoms with Crippen molar-refractivity contribution in [1.82, 2.24) is 9.97 Å². The van der Waals surface area contributed by atoms with Crippen LogP contribution >= 0.6 is 23.1 Å². The Labute approximate surface area is 174 Å². The lowest BCUT2D eigenvalue weighted by Crippen LogP contribution is -2.16. The molecule has 0 aliphatic heterocycles. The first kappa shape index (κ1) is 22.1. The zero-order valence-corrected chi connectivity index (χ0v) is 16.3. The van der Waals surface area contributed by atoms with Crippen LogP contribution in [0.25, 0.3) is 10.6 Å². The number of aromatic nitrogens is 2. The van der Waals surface area contributed by atoms with Crippen LogP contribution in [0.5, 0.6) is 0 Å². The van der Waals surface area contributed by atoms with Crippen LogP contribution in [0.1, 0.15) is 11.3 Å². The molecule has 2 aromatic heterocycles. The summed E-state index contributed by atoms with van der Waals surface area (Å²) >= 11 is 1.84. The van der Waals surface area contributed by atoms with Crippen molar-refractivity contribution in [2.24, 2.45) is 0 Å². The Morgan fingerprint density at radius 1 is 1.00 bits per heavy atom. The van der Waals surface area contributed by atoms with Crippen molar-refractivity contribution in [3.8, 4) is 10.6 Å². The van der Waals surface area contributed by atoms with Gasteiger partial charge in [0, 0.05) is 5.69 Å². The summed E-state index contributed by atoms with van der Waals surface area (Å²) in [6, 6.07) is 8.10. The smallest absolute Gasteiger partial charge is 0.325 e. The van der Waals surface area contributed by atoms with Crippen LogP contribution in [0.15, 0.2) is 53.0 Å². The molecular formula is C18H11F6N3OS2. The summed E-state index contributed by atoms with van der Waals surface area (Å²) in [4.78, 5) is 20.0. The van der Waals surface area contributed by atoms with Gasteiger partial charge in [-0.15, -0.1) is 11.3 Å². The van der Waals surface area contributed by atoms with Gasteiger partial charge in [0.25, 0.3) is 0 Å². The molecule has 0 bridgehead atoms. The SMILES string of the molecule is O=C(CSc1nc(-c2cccs2)cc(C(F)(F)F)n1)Nc1cccc(C(F)(F)F)c1. The molecule has 0 saturated heterocycles. The molecule has 0 spiro atoms. The lowest BCUT2D eigenvalue weighted by Gasteiger charge is -2.11. The number of amides is 1. The van der Waals surface area contributed by atoms with Gasteiger partial charge in [0.2, 0.25) is 5.91 Å². The number of nitrogens with zero attached hydrogens (tertiary/aromatic N) is 2. The van der Waals surface area contributed by atoms with Gasteiger partial charge in [-0.25, -0.2) is 9.97 Å². The number of thiophene rings is 1. The summed E-state index contributed by atoms with van der Waals surface area (Å²) in [5, 5.41) is 3.69. The van der Waals surface area contributed by atoms with Crippen LogP contribution in [0.2, 0.25) is 0 Å². The van der Waals surface area contributed by atoms with Gasteiger partial charge in [0.1, 0.15) is 5.69 Å². The molecule has 0 radical (unpaired) electrons. The van der Waals surface area contributed by atoms with E-state index < -0.39 is 29.5 Å². The second-order valence-electron chi connectivity index (χ2n) is 5.81. The molecule has 2 heterocycles. The summed E-state index contributed by atoms with van der Waals surface area (Å²) in [6.45, 7) is 0. The van der Waals surface area contributed by atoms with E-state index >= 15 is 0 Å². The van der Waals surface area contributed by atoms with E-state index in [0.717, 1.165) is 24.3 Å². The van der Waals surface area contributed by atoms with Crippen LogP contribution in [0.3, 0.4) is 0 Å². The van der Waals surface area contributed by atoms with Gasteiger partial charge >= 0.3 is 12.4 Å². The molecule has 1 aromatic carbocycles. The predicted molar refractivity (Wildman–Crippen MR) is 101 cm³/mol. The number of anilines is 1. The third-order valence-electron chi connectivity index (χ3n) is 3.58. The highest BCUT2D eigenvalue weighted by molar-refractivity contribution is 7.99. The third-order valence-corrected chi connectivity index (χ3v) is 5.32. The van der Waals surface area contributed by atoms with Gasteiger partial charge in [-0.05, 0) is 35.7 Å². The molecule has 1 N–H and O–H groups in total. The Morgan fingerprint density at radius 3 is 2.40 bits per heavy atom. The second-order valence-corrected chi connectivity index (χ2v) is 7.70. The number of halogens is 6. The van der Waals surface area contributed by atoms with E-state index in [1.165, 1.54) is 17.4 Å². The molecule has 0 aliphatic carbocycles. The maximum absolute atomic E-state index is 13.1. The first-order chi connectivity index (χ1) is 14.0. The first-order valence-corrected chi connectivity index (χ1v) is 9.99. The van der Waals surface area contributed by atoms with Gasteiger partial charge < -0.3 is 5.32 Å². The molecule has 0 fully saturated rings. The Bertz CT molecular complexity index is 1040. The monoisotopic (exact) mass is 463 g/mol.